The number of nitro benzene ring substituents is 1. The molecule has 3 aromatic rings. The van der Waals surface area contributed by atoms with E-state index < -0.39 is 16.2 Å². The third-order valence-corrected chi connectivity index (χ3v) is 4.82. The molecule has 0 unspecified atom stereocenters. The summed E-state index contributed by atoms with van der Waals surface area (Å²) in [7, 11) is 2.95. The summed E-state index contributed by atoms with van der Waals surface area (Å²) >= 11 is 1.43. The number of nitrogens with zero attached hydrogens (tertiary/aromatic N) is 5. The first-order valence-corrected chi connectivity index (χ1v) is 8.66. The highest BCUT2D eigenvalue weighted by atomic mass is 32.2. The zero-order chi connectivity index (χ0) is 18.8. The van der Waals surface area contributed by atoms with Crippen LogP contribution in [0.5, 0.6) is 0 Å². The molecule has 0 N–H and O–H groups in total. The third-order valence-electron chi connectivity index (χ3n) is 3.92. The van der Waals surface area contributed by atoms with Gasteiger partial charge in [-0.25, -0.2) is 14.8 Å². The van der Waals surface area contributed by atoms with Gasteiger partial charge in [0.25, 0.3) is 11.2 Å². The zero-order valence-corrected chi connectivity index (χ0v) is 14.9. The number of aromatic nitrogens is 4. The van der Waals surface area contributed by atoms with E-state index in [1.54, 1.807) is 19.2 Å². The highest BCUT2D eigenvalue weighted by molar-refractivity contribution is 7.99. The van der Waals surface area contributed by atoms with E-state index in [1.165, 1.54) is 41.7 Å². The summed E-state index contributed by atoms with van der Waals surface area (Å²) in [6.45, 7) is 0. The van der Waals surface area contributed by atoms with Gasteiger partial charge in [0.15, 0.2) is 11.2 Å². The Morgan fingerprint density at radius 1 is 1.15 bits per heavy atom. The molecule has 2 heterocycles. The fraction of sp³-hybridized carbons (Fsp3) is 0.250. The van der Waals surface area contributed by atoms with Crippen molar-refractivity contribution in [1.82, 2.24) is 19.1 Å². The first-order valence-electron chi connectivity index (χ1n) is 7.67. The summed E-state index contributed by atoms with van der Waals surface area (Å²) in [6.07, 6.45) is 2.20. The third kappa shape index (κ3) is 3.36. The SMILES string of the molecule is Cn1c(=O)c2ncc(SCCc3ccc([N+](=O)[O-])cc3)nc2n(C)c1=O. The molecule has 0 fully saturated rings. The Kier molecular flexibility index (Phi) is 4.85. The van der Waals surface area contributed by atoms with Gasteiger partial charge in [0.05, 0.1) is 11.1 Å². The van der Waals surface area contributed by atoms with Gasteiger partial charge in [-0.2, -0.15) is 0 Å². The average molecular weight is 373 g/mol. The van der Waals surface area contributed by atoms with Gasteiger partial charge in [-0.3, -0.25) is 24.0 Å². The second kappa shape index (κ2) is 7.08. The topological polar surface area (TPSA) is 113 Å². The minimum absolute atomic E-state index is 0.0595. The first-order chi connectivity index (χ1) is 12.4. The summed E-state index contributed by atoms with van der Waals surface area (Å²) < 4.78 is 2.29. The molecule has 26 heavy (non-hydrogen) atoms. The van der Waals surface area contributed by atoms with Gasteiger partial charge in [-0.1, -0.05) is 12.1 Å². The number of fused-ring (bicyclic) bond motifs is 1. The monoisotopic (exact) mass is 373 g/mol. The molecule has 0 saturated heterocycles. The summed E-state index contributed by atoms with van der Waals surface area (Å²) in [6, 6.07) is 6.39. The number of hydrogen-bond donors (Lipinski definition) is 0. The van der Waals surface area contributed by atoms with Gasteiger partial charge in [0, 0.05) is 32.0 Å². The Labute approximate surface area is 151 Å². The number of rotatable bonds is 5. The number of benzene rings is 1. The lowest BCUT2D eigenvalue weighted by molar-refractivity contribution is -0.384. The van der Waals surface area contributed by atoms with Gasteiger partial charge in [0.1, 0.15) is 5.03 Å². The Bertz CT molecular complexity index is 1100. The van der Waals surface area contributed by atoms with Crippen LogP contribution < -0.4 is 11.2 Å². The van der Waals surface area contributed by atoms with Crippen LogP contribution in [0.15, 0.2) is 45.1 Å². The minimum Gasteiger partial charge on any atom is -0.279 e. The van der Waals surface area contributed by atoms with Crippen molar-refractivity contribution in [3.63, 3.8) is 0 Å². The second-order valence-electron chi connectivity index (χ2n) is 5.61. The smallest absolute Gasteiger partial charge is 0.279 e. The molecular weight excluding hydrogens is 358 g/mol. The van der Waals surface area contributed by atoms with Gasteiger partial charge in [0.2, 0.25) is 0 Å². The molecule has 0 atom stereocenters. The lowest BCUT2D eigenvalue weighted by atomic mass is 10.1. The molecule has 0 bridgehead atoms. The molecule has 0 aliphatic rings. The Hall–Kier alpha value is -3.01. The number of thioether (sulfide) groups is 1. The molecule has 134 valence electrons. The molecular formula is C16H15N5O4S. The van der Waals surface area contributed by atoms with Crippen molar-refractivity contribution in [2.24, 2.45) is 14.1 Å². The molecule has 9 nitrogen and oxygen atoms in total. The lowest BCUT2D eigenvalue weighted by Crippen LogP contribution is -2.37. The van der Waals surface area contributed by atoms with E-state index in [9.17, 15) is 19.7 Å². The molecule has 3 rings (SSSR count). The Balaban J connectivity index is 1.76. The summed E-state index contributed by atoms with van der Waals surface area (Å²) in [5.74, 6) is 0.677. The van der Waals surface area contributed by atoms with E-state index in [0.717, 1.165) is 10.1 Å². The fourth-order valence-electron chi connectivity index (χ4n) is 2.44. The van der Waals surface area contributed by atoms with E-state index in [-0.39, 0.29) is 16.9 Å². The average Bonchev–Trinajstić information content (AvgIpc) is 2.65. The summed E-state index contributed by atoms with van der Waals surface area (Å²) in [5.41, 5.74) is 0.498. The molecule has 10 heteroatoms. The Morgan fingerprint density at radius 2 is 1.85 bits per heavy atom. The molecule has 0 aliphatic carbocycles. The highest BCUT2D eigenvalue weighted by Gasteiger charge is 2.12. The van der Waals surface area contributed by atoms with E-state index in [0.29, 0.717) is 17.2 Å². The molecule has 0 amide bonds. The van der Waals surface area contributed by atoms with Crippen molar-refractivity contribution in [3.05, 3.63) is 67.0 Å². The molecule has 0 saturated carbocycles. The van der Waals surface area contributed by atoms with E-state index in [4.69, 9.17) is 0 Å². The number of nitro groups is 1. The van der Waals surface area contributed by atoms with Crippen LogP contribution in [0.3, 0.4) is 0 Å². The second-order valence-corrected chi connectivity index (χ2v) is 6.72. The quantitative estimate of drug-likeness (QED) is 0.376. The maximum absolute atomic E-state index is 12.1. The molecule has 0 aliphatic heterocycles. The maximum atomic E-state index is 12.1. The van der Waals surface area contributed by atoms with Crippen LogP contribution in [-0.4, -0.2) is 29.8 Å². The van der Waals surface area contributed by atoms with Gasteiger partial charge >= 0.3 is 5.69 Å². The minimum atomic E-state index is -0.474. The van der Waals surface area contributed by atoms with E-state index >= 15 is 0 Å². The maximum Gasteiger partial charge on any atom is 0.332 e. The Morgan fingerprint density at radius 3 is 2.50 bits per heavy atom. The summed E-state index contributed by atoms with van der Waals surface area (Å²) in [4.78, 5) is 42.8. The number of aryl methyl sites for hydroxylation is 2. The van der Waals surface area contributed by atoms with Crippen LogP contribution in [-0.2, 0) is 20.5 Å². The molecule has 0 radical (unpaired) electrons. The van der Waals surface area contributed by atoms with Crippen LogP contribution >= 0.6 is 11.8 Å². The van der Waals surface area contributed by atoms with Crippen molar-refractivity contribution < 1.29 is 4.92 Å². The van der Waals surface area contributed by atoms with Crippen molar-refractivity contribution in [2.75, 3.05) is 5.75 Å². The van der Waals surface area contributed by atoms with Crippen molar-refractivity contribution in [1.29, 1.82) is 0 Å². The number of hydrogen-bond acceptors (Lipinski definition) is 7. The van der Waals surface area contributed by atoms with Crippen LogP contribution in [0.2, 0.25) is 0 Å². The van der Waals surface area contributed by atoms with Crippen molar-refractivity contribution in [2.45, 2.75) is 11.4 Å². The van der Waals surface area contributed by atoms with Crippen LogP contribution in [0.4, 0.5) is 5.69 Å². The zero-order valence-electron chi connectivity index (χ0n) is 14.1. The van der Waals surface area contributed by atoms with E-state index in [1.807, 2.05) is 0 Å². The van der Waals surface area contributed by atoms with Crippen LogP contribution in [0.1, 0.15) is 5.56 Å². The fourth-order valence-corrected chi connectivity index (χ4v) is 3.26. The molecule has 1 aromatic carbocycles. The summed E-state index contributed by atoms with van der Waals surface area (Å²) in [5, 5.41) is 11.3. The lowest BCUT2D eigenvalue weighted by Gasteiger charge is -2.07. The van der Waals surface area contributed by atoms with Crippen LogP contribution in [0, 0.1) is 10.1 Å². The largest absolute Gasteiger partial charge is 0.332 e. The van der Waals surface area contributed by atoms with Gasteiger partial charge < -0.3 is 0 Å². The normalized spacial score (nSPS) is 11.0. The van der Waals surface area contributed by atoms with Crippen LogP contribution in [0.25, 0.3) is 11.2 Å². The number of non-ortho nitro benzene ring substituents is 1. The molecule has 0 spiro atoms. The molecule has 2 aromatic heterocycles. The highest BCUT2D eigenvalue weighted by Crippen LogP contribution is 2.19. The first kappa shape index (κ1) is 17.8. The predicted molar refractivity (Wildman–Crippen MR) is 97.5 cm³/mol. The van der Waals surface area contributed by atoms with Crippen molar-refractivity contribution >= 4 is 28.6 Å². The van der Waals surface area contributed by atoms with Gasteiger partial charge in [-0.05, 0) is 12.0 Å². The predicted octanol–water partition coefficient (Wildman–Crippen LogP) is 1.27. The van der Waals surface area contributed by atoms with Crippen molar-refractivity contribution in [3.8, 4) is 0 Å². The van der Waals surface area contributed by atoms with Gasteiger partial charge in [-0.15, -0.1) is 11.8 Å². The van der Waals surface area contributed by atoms with E-state index in [2.05, 4.69) is 9.97 Å². The standard InChI is InChI=1S/C16H15N5O4S/c1-19-14-13(15(22)20(2)16(19)23)17-9-12(18-14)26-8-7-10-3-5-11(6-4-10)21(24)25/h3-6,9H,7-8H2,1-2H3.